The highest BCUT2D eigenvalue weighted by molar-refractivity contribution is 8.76. The van der Waals surface area contributed by atoms with E-state index in [-0.39, 0.29) is 0 Å². The van der Waals surface area contributed by atoms with Crippen LogP contribution in [0.25, 0.3) is 0 Å². The van der Waals surface area contributed by atoms with Gasteiger partial charge in [0.15, 0.2) is 0 Å². The van der Waals surface area contributed by atoms with E-state index >= 15 is 0 Å². The number of hydrogen-bond donors (Lipinski definition) is 0. The molecule has 0 aromatic carbocycles. The SMILES string of the molecule is CCCCC[SiH](CCCCC)C(CCCSSCCCC(OCCC)[SiH](CCCCC)CCCCC)OCCC. The molecule has 0 aliphatic carbocycles. The van der Waals surface area contributed by atoms with Crippen molar-refractivity contribution in [1.82, 2.24) is 0 Å². The molecular formula is C34H74O2S2Si2. The third-order valence-corrected chi connectivity index (χ3v) is 18.7. The molecule has 2 nitrogen and oxygen atoms in total. The lowest BCUT2D eigenvalue weighted by Gasteiger charge is -2.27. The van der Waals surface area contributed by atoms with Gasteiger partial charge < -0.3 is 9.47 Å². The predicted molar refractivity (Wildman–Crippen MR) is 195 cm³/mol. The molecule has 0 saturated heterocycles. The standard InChI is InChI=1S/C34H74O2S2Si2/c1-7-13-17-29-39(30-18-14-8-2)33(35-25-11-5)23-21-27-37-38-28-22-24-34(36-26-12-6)40(31-19-15-9-3)32-20-16-10-4/h33-34,39-40H,7-32H2,1-6H3. The number of ether oxygens (including phenoxy) is 2. The van der Waals surface area contributed by atoms with Crippen LogP contribution >= 0.6 is 21.6 Å². The molecule has 0 saturated carbocycles. The number of rotatable bonds is 33. The fourth-order valence-electron chi connectivity index (χ4n) is 5.91. The van der Waals surface area contributed by atoms with Crippen LogP contribution in [0.5, 0.6) is 0 Å². The van der Waals surface area contributed by atoms with Gasteiger partial charge in [-0.1, -0.05) is 164 Å². The Morgan fingerprint density at radius 3 is 1.02 bits per heavy atom. The molecule has 0 rings (SSSR count). The Labute approximate surface area is 265 Å². The highest BCUT2D eigenvalue weighted by Crippen LogP contribution is 2.28. The van der Waals surface area contributed by atoms with E-state index < -0.39 is 17.6 Å². The lowest BCUT2D eigenvalue weighted by Crippen LogP contribution is -2.34. The summed E-state index contributed by atoms with van der Waals surface area (Å²) in [5, 5.41) is 0. The summed E-state index contributed by atoms with van der Waals surface area (Å²) in [6, 6.07) is 6.04. The molecule has 0 heterocycles. The Balaban J connectivity index is 4.56. The van der Waals surface area contributed by atoms with Crippen molar-refractivity contribution in [3.8, 4) is 0 Å². The summed E-state index contributed by atoms with van der Waals surface area (Å²) in [6.45, 7) is 15.8. The molecule has 2 unspecified atom stereocenters. The van der Waals surface area contributed by atoms with E-state index in [0.717, 1.165) is 26.1 Å². The molecule has 242 valence electrons. The van der Waals surface area contributed by atoms with E-state index in [4.69, 9.17) is 9.47 Å². The zero-order chi connectivity index (χ0) is 29.5. The Kier molecular flexibility index (Phi) is 33.8. The topological polar surface area (TPSA) is 18.5 Å². The summed E-state index contributed by atoms with van der Waals surface area (Å²) in [4.78, 5) is 0. The summed E-state index contributed by atoms with van der Waals surface area (Å²) in [5.41, 5.74) is 1.25. The van der Waals surface area contributed by atoms with Gasteiger partial charge in [0.2, 0.25) is 0 Å². The van der Waals surface area contributed by atoms with E-state index in [2.05, 4.69) is 63.1 Å². The third kappa shape index (κ3) is 24.5. The lowest BCUT2D eigenvalue weighted by atomic mass is 10.3. The van der Waals surface area contributed by atoms with Gasteiger partial charge >= 0.3 is 0 Å². The molecule has 0 spiro atoms. The third-order valence-electron chi connectivity index (χ3n) is 8.35. The molecule has 40 heavy (non-hydrogen) atoms. The monoisotopic (exact) mass is 634 g/mol. The second kappa shape index (κ2) is 33.0. The predicted octanol–water partition coefficient (Wildman–Crippen LogP) is 11.8. The van der Waals surface area contributed by atoms with Crippen molar-refractivity contribution >= 4 is 39.2 Å². The molecule has 0 bridgehead atoms. The summed E-state index contributed by atoms with van der Waals surface area (Å²) in [5.74, 6) is 2.59. The molecule has 0 fully saturated rings. The quantitative estimate of drug-likeness (QED) is 0.0406. The molecule has 0 aromatic rings. The minimum absolute atomic E-state index is 0.623. The molecule has 6 heteroatoms. The Bertz CT molecular complexity index is 425. The van der Waals surface area contributed by atoms with Crippen LogP contribution in [0.3, 0.4) is 0 Å². The molecule has 0 radical (unpaired) electrons. The molecular weight excluding hydrogens is 561 g/mol. The van der Waals surface area contributed by atoms with Crippen molar-refractivity contribution in [1.29, 1.82) is 0 Å². The average molecular weight is 635 g/mol. The van der Waals surface area contributed by atoms with Gasteiger partial charge in [0.25, 0.3) is 0 Å². The van der Waals surface area contributed by atoms with Crippen molar-refractivity contribution < 1.29 is 9.47 Å². The first-order valence-corrected chi connectivity index (χ1v) is 25.2. The van der Waals surface area contributed by atoms with Crippen LogP contribution in [0.2, 0.25) is 24.2 Å². The zero-order valence-electron chi connectivity index (χ0n) is 28.3. The van der Waals surface area contributed by atoms with Crippen LogP contribution in [0, 0.1) is 0 Å². The Morgan fingerprint density at radius 1 is 0.425 bits per heavy atom. The molecule has 0 N–H and O–H groups in total. The van der Waals surface area contributed by atoms with Crippen molar-refractivity contribution in [2.75, 3.05) is 24.7 Å². The van der Waals surface area contributed by atoms with Gasteiger partial charge in [-0.25, -0.2) is 0 Å². The van der Waals surface area contributed by atoms with Gasteiger partial charge in [0.05, 0.1) is 17.6 Å². The number of hydrogen-bond acceptors (Lipinski definition) is 4. The van der Waals surface area contributed by atoms with Gasteiger partial charge in [-0.05, 0) is 38.5 Å². The summed E-state index contributed by atoms with van der Waals surface area (Å²) >= 11 is 0. The zero-order valence-corrected chi connectivity index (χ0v) is 32.3. The first kappa shape index (κ1) is 41.1. The largest absolute Gasteiger partial charge is 0.382 e. The van der Waals surface area contributed by atoms with E-state index in [1.807, 2.05) is 0 Å². The summed E-state index contributed by atoms with van der Waals surface area (Å²) in [6.07, 6.45) is 24.4. The van der Waals surface area contributed by atoms with Gasteiger partial charge in [0.1, 0.15) is 0 Å². The van der Waals surface area contributed by atoms with Crippen LogP contribution < -0.4 is 0 Å². The molecule has 0 aromatic heterocycles. The smallest absolute Gasteiger partial charge is 0.0717 e. The van der Waals surface area contributed by atoms with Crippen LogP contribution in [0.4, 0.5) is 0 Å². The lowest BCUT2D eigenvalue weighted by molar-refractivity contribution is 0.0955. The molecule has 0 aliphatic heterocycles. The highest BCUT2D eigenvalue weighted by atomic mass is 33.1. The summed E-state index contributed by atoms with van der Waals surface area (Å²) in [7, 11) is 2.63. The van der Waals surface area contributed by atoms with Gasteiger partial charge in [0, 0.05) is 36.2 Å². The fraction of sp³-hybridized carbons (Fsp3) is 1.00. The minimum atomic E-state index is -0.815. The van der Waals surface area contributed by atoms with Gasteiger partial charge in [-0.15, -0.1) is 0 Å². The van der Waals surface area contributed by atoms with Crippen molar-refractivity contribution in [3.05, 3.63) is 0 Å². The summed E-state index contributed by atoms with van der Waals surface area (Å²) < 4.78 is 13.1. The van der Waals surface area contributed by atoms with E-state index in [1.165, 1.54) is 138 Å². The van der Waals surface area contributed by atoms with E-state index in [1.54, 1.807) is 0 Å². The first-order valence-electron chi connectivity index (χ1n) is 18.2. The van der Waals surface area contributed by atoms with Crippen molar-refractivity contribution in [3.63, 3.8) is 0 Å². The van der Waals surface area contributed by atoms with Crippen LogP contribution in [-0.2, 0) is 9.47 Å². The van der Waals surface area contributed by atoms with Crippen molar-refractivity contribution in [2.24, 2.45) is 0 Å². The normalized spacial score (nSPS) is 13.5. The molecule has 0 amide bonds. The first-order chi connectivity index (χ1) is 19.7. The second-order valence-corrected chi connectivity index (χ2v) is 21.8. The van der Waals surface area contributed by atoms with Crippen LogP contribution in [0.15, 0.2) is 0 Å². The van der Waals surface area contributed by atoms with E-state index in [0.29, 0.717) is 11.5 Å². The van der Waals surface area contributed by atoms with Gasteiger partial charge in [-0.2, -0.15) is 0 Å². The second-order valence-electron chi connectivity index (χ2n) is 12.3. The van der Waals surface area contributed by atoms with Gasteiger partial charge in [-0.3, -0.25) is 0 Å². The maximum atomic E-state index is 6.55. The van der Waals surface area contributed by atoms with Crippen LogP contribution in [0.1, 0.15) is 157 Å². The number of unbranched alkanes of at least 4 members (excludes halogenated alkanes) is 8. The van der Waals surface area contributed by atoms with E-state index in [9.17, 15) is 0 Å². The maximum absolute atomic E-state index is 6.55. The molecule has 0 aliphatic rings. The van der Waals surface area contributed by atoms with Crippen LogP contribution in [-0.4, -0.2) is 53.8 Å². The average Bonchev–Trinajstić information content (AvgIpc) is 2.96. The maximum Gasteiger partial charge on any atom is 0.0717 e. The van der Waals surface area contributed by atoms with Crippen molar-refractivity contribution in [2.45, 2.75) is 193 Å². The highest BCUT2D eigenvalue weighted by Gasteiger charge is 2.24. The Hall–Kier alpha value is 1.05. The molecule has 2 atom stereocenters. The minimum Gasteiger partial charge on any atom is -0.382 e. The fourth-order valence-corrected chi connectivity index (χ4v) is 15.7. The Morgan fingerprint density at radius 2 is 0.750 bits per heavy atom.